The lowest BCUT2D eigenvalue weighted by molar-refractivity contribution is 0.0870. The SMILES string of the molecule is CCC1CCC(C(=O)c2cc(F)cc(Br)c2)CC1. The minimum Gasteiger partial charge on any atom is -0.294 e. The van der Waals surface area contributed by atoms with Gasteiger partial charge in [-0.05, 0) is 49.8 Å². The average Bonchev–Trinajstić information content (AvgIpc) is 2.37. The van der Waals surface area contributed by atoms with Gasteiger partial charge in [-0.1, -0.05) is 29.3 Å². The molecule has 1 saturated carbocycles. The molecule has 0 bridgehead atoms. The van der Waals surface area contributed by atoms with Gasteiger partial charge in [0.15, 0.2) is 5.78 Å². The fourth-order valence-corrected chi connectivity index (χ4v) is 3.23. The molecule has 0 atom stereocenters. The zero-order valence-corrected chi connectivity index (χ0v) is 12.2. The summed E-state index contributed by atoms with van der Waals surface area (Å²) >= 11 is 3.23. The molecule has 1 nitrogen and oxygen atoms in total. The molecule has 1 aromatic carbocycles. The molecule has 0 unspecified atom stereocenters. The van der Waals surface area contributed by atoms with E-state index >= 15 is 0 Å². The molecular weight excluding hydrogens is 295 g/mol. The van der Waals surface area contributed by atoms with Gasteiger partial charge in [0.2, 0.25) is 0 Å². The standard InChI is InChI=1S/C15H18BrFO/c1-2-10-3-5-11(6-4-10)15(18)12-7-13(16)9-14(17)8-12/h7-11H,2-6H2,1H3. The summed E-state index contributed by atoms with van der Waals surface area (Å²) in [5.74, 6) is 0.606. The van der Waals surface area contributed by atoms with Gasteiger partial charge in [0, 0.05) is 16.0 Å². The van der Waals surface area contributed by atoms with Crippen molar-refractivity contribution in [1.29, 1.82) is 0 Å². The Labute approximate surface area is 116 Å². The second-order valence-corrected chi connectivity index (χ2v) is 6.06. The molecule has 0 aliphatic heterocycles. The first-order chi connectivity index (χ1) is 8.60. The molecule has 1 fully saturated rings. The predicted octanol–water partition coefficient (Wildman–Crippen LogP) is 4.99. The van der Waals surface area contributed by atoms with Gasteiger partial charge in [-0.2, -0.15) is 0 Å². The first-order valence-electron chi connectivity index (χ1n) is 6.60. The van der Waals surface area contributed by atoms with E-state index in [-0.39, 0.29) is 17.5 Å². The van der Waals surface area contributed by atoms with Crippen LogP contribution in [0.15, 0.2) is 22.7 Å². The molecule has 0 aromatic heterocycles. The predicted molar refractivity (Wildman–Crippen MR) is 74.2 cm³/mol. The Morgan fingerprint density at radius 1 is 1.28 bits per heavy atom. The second-order valence-electron chi connectivity index (χ2n) is 5.15. The van der Waals surface area contributed by atoms with E-state index in [1.54, 1.807) is 6.07 Å². The first kappa shape index (κ1) is 13.7. The van der Waals surface area contributed by atoms with Crippen LogP contribution in [0, 0.1) is 17.7 Å². The largest absolute Gasteiger partial charge is 0.294 e. The van der Waals surface area contributed by atoms with Crippen molar-refractivity contribution >= 4 is 21.7 Å². The van der Waals surface area contributed by atoms with Crippen molar-refractivity contribution in [1.82, 2.24) is 0 Å². The quantitative estimate of drug-likeness (QED) is 0.719. The normalized spacial score (nSPS) is 23.9. The van der Waals surface area contributed by atoms with E-state index in [9.17, 15) is 9.18 Å². The van der Waals surface area contributed by atoms with E-state index in [1.165, 1.54) is 18.6 Å². The number of rotatable bonds is 3. The number of ketones is 1. The van der Waals surface area contributed by atoms with E-state index < -0.39 is 0 Å². The molecule has 1 aliphatic rings. The fraction of sp³-hybridized carbons (Fsp3) is 0.533. The Kier molecular flexibility index (Phi) is 4.55. The summed E-state index contributed by atoms with van der Waals surface area (Å²) in [7, 11) is 0. The van der Waals surface area contributed by atoms with Gasteiger partial charge in [-0.25, -0.2) is 4.39 Å². The Bertz CT molecular complexity index is 416. The Hall–Kier alpha value is -0.700. The number of hydrogen-bond acceptors (Lipinski definition) is 1. The van der Waals surface area contributed by atoms with Crippen LogP contribution in [0.4, 0.5) is 4.39 Å². The summed E-state index contributed by atoms with van der Waals surface area (Å²) in [5.41, 5.74) is 0.502. The topological polar surface area (TPSA) is 17.1 Å². The Morgan fingerprint density at radius 2 is 1.94 bits per heavy atom. The number of hydrogen-bond donors (Lipinski definition) is 0. The monoisotopic (exact) mass is 312 g/mol. The molecule has 1 aliphatic carbocycles. The Balaban J connectivity index is 2.07. The van der Waals surface area contributed by atoms with Crippen LogP contribution in [-0.2, 0) is 0 Å². The number of carbonyl (C=O) groups is 1. The van der Waals surface area contributed by atoms with E-state index in [2.05, 4.69) is 22.9 Å². The van der Waals surface area contributed by atoms with E-state index in [0.717, 1.165) is 31.6 Å². The maximum atomic E-state index is 13.3. The highest BCUT2D eigenvalue weighted by atomic mass is 79.9. The summed E-state index contributed by atoms with van der Waals surface area (Å²) in [6, 6.07) is 4.45. The van der Waals surface area contributed by atoms with Crippen LogP contribution in [0.5, 0.6) is 0 Å². The number of benzene rings is 1. The average molecular weight is 313 g/mol. The first-order valence-corrected chi connectivity index (χ1v) is 7.39. The van der Waals surface area contributed by atoms with Crippen LogP contribution in [0.25, 0.3) is 0 Å². The molecular formula is C15H18BrFO. The van der Waals surface area contributed by atoms with Crippen LogP contribution in [0.2, 0.25) is 0 Å². The smallest absolute Gasteiger partial charge is 0.166 e. The molecule has 18 heavy (non-hydrogen) atoms. The van der Waals surface area contributed by atoms with Gasteiger partial charge in [-0.15, -0.1) is 0 Å². The zero-order valence-electron chi connectivity index (χ0n) is 10.6. The molecule has 0 heterocycles. The molecule has 0 amide bonds. The van der Waals surface area contributed by atoms with Crippen LogP contribution in [0.3, 0.4) is 0 Å². The molecule has 0 spiro atoms. The molecule has 0 saturated heterocycles. The summed E-state index contributed by atoms with van der Waals surface area (Å²) < 4.78 is 13.9. The summed E-state index contributed by atoms with van der Waals surface area (Å²) in [4.78, 5) is 12.3. The van der Waals surface area contributed by atoms with Crippen LogP contribution >= 0.6 is 15.9 Å². The van der Waals surface area contributed by atoms with Crippen molar-refractivity contribution in [2.75, 3.05) is 0 Å². The van der Waals surface area contributed by atoms with Gasteiger partial charge >= 0.3 is 0 Å². The van der Waals surface area contributed by atoms with Crippen molar-refractivity contribution in [2.24, 2.45) is 11.8 Å². The second kappa shape index (κ2) is 5.96. The third-order valence-corrected chi connectivity index (χ3v) is 4.40. The van der Waals surface area contributed by atoms with E-state index in [4.69, 9.17) is 0 Å². The Morgan fingerprint density at radius 3 is 2.50 bits per heavy atom. The molecule has 2 rings (SSSR count). The molecule has 1 aromatic rings. The van der Waals surface area contributed by atoms with Gasteiger partial charge in [-0.3, -0.25) is 4.79 Å². The van der Waals surface area contributed by atoms with Crippen molar-refractivity contribution in [3.63, 3.8) is 0 Å². The number of halogens is 2. The van der Waals surface area contributed by atoms with Crippen molar-refractivity contribution in [2.45, 2.75) is 39.0 Å². The summed E-state index contributed by atoms with van der Waals surface area (Å²) in [5, 5.41) is 0. The van der Waals surface area contributed by atoms with E-state index in [1.807, 2.05) is 0 Å². The van der Waals surface area contributed by atoms with Crippen LogP contribution in [-0.4, -0.2) is 5.78 Å². The summed E-state index contributed by atoms with van der Waals surface area (Å²) in [6.45, 7) is 2.20. The maximum absolute atomic E-state index is 13.3. The lowest BCUT2D eigenvalue weighted by Crippen LogP contribution is -2.21. The third-order valence-electron chi connectivity index (χ3n) is 3.94. The maximum Gasteiger partial charge on any atom is 0.166 e. The van der Waals surface area contributed by atoms with Crippen LogP contribution in [0.1, 0.15) is 49.4 Å². The zero-order chi connectivity index (χ0) is 13.1. The molecule has 0 N–H and O–H groups in total. The van der Waals surface area contributed by atoms with Gasteiger partial charge in [0.05, 0.1) is 0 Å². The lowest BCUT2D eigenvalue weighted by atomic mass is 9.78. The van der Waals surface area contributed by atoms with Crippen molar-refractivity contribution < 1.29 is 9.18 Å². The highest BCUT2D eigenvalue weighted by Gasteiger charge is 2.26. The van der Waals surface area contributed by atoms with Gasteiger partial charge in [0.1, 0.15) is 5.82 Å². The van der Waals surface area contributed by atoms with Gasteiger partial charge in [0.25, 0.3) is 0 Å². The number of Topliss-reactive ketones (excluding diaryl/α,β-unsaturated/α-hetero) is 1. The highest BCUT2D eigenvalue weighted by molar-refractivity contribution is 9.10. The fourth-order valence-electron chi connectivity index (χ4n) is 2.76. The van der Waals surface area contributed by atoms with Crippen molar-refractivity contribution in [3.05, 3.63) is 34.1 Å². The van der Waals surface area contributed by atoms with E-state index in [0.29, 0.717) is 10.0 Å². The van der Waals surface area contributed by atoms with Crippen molar-refractivity contribution in [3.8, 4) is 0 Å². The third kappa shape index (κ3) is 3.19. The minimum absolute atomic E-state index is 0.0847. The van der Waals surface area contributed by atoms with Crippen LogP contribution < -0.4 is 0 Å². The van der Waals surface area contributed by atoms with Gasteiger partial charge < -0.3 is 0 Å². The molecule has 98 valence electrons. The lowest BCUT2D eigenvalue weighted by Gasteiger charge is -2.26. The molecule has 3 heteroatoms. The molecule has 0 radical (unpaired) electrons. The highest BCUT2D eigenvalue weighted by Crippen LogP contribution is 2.33. The number of carbonyl (C=O) groups excluding carboxylic acids is 1. The summed E-state index contributed by atoms with van der Waals surface area (Å²) in [6.07, 6.45) is 5.36. The minimum atomic E-state index is -0.352.